The van der Waals surface area contributed by atoms with Crippen LogP contribution in [-0.2, 0) is 9.53 Å². The molecule has 1 unspecified atom stereocenters. The molecule has 116 valence electrons. The van der Waals surface area contributed by atoms with E-state index in [4.69, 9.17) is 4.74 Å². The Morgan fingerprint density at radius 2 is 1.75 bits per heavy atom. The Balaban J connectivity index is 2.23. The number of carbonyl (C=O) groups is 2. The molecule has 6 nitrogen and oxygen atoms in total. The minimum atomic E-state index is -0.280. The summed E-state index contributed by atoms with van der Waals surface area (Å²) >= 11 is 0. The van der Waals surface area contributed by atoms with E-state index in [0.717, 1.165) is 6.42 Å². The number of piperazine rings is 1. The van der Waals surface area contributed by atoms with E-state index in [9.17, 15) is 9.59 Å². The second-order valence-electron chi connectivity index (χ2n) is 5.08. The summed E-state index contributed by atoms with van der Waals surface area (Å²) in [5.74, 6) is 0.157. The number of amides is 2. The maximum Gasteiger partial charge on any atom is 0.409 e. The van der Waals surface area contributed by atoms with Crippen molar-refractivity contribution in [2.45, 2.75) is 39.7 Å². The molecule has 1 rings (SSSR count). The fraction of sp³-hybridized carbons (Fsp3) is 0.857. The summed E-state index contributed by atoms with van der Waals surface area (Å²) < 4.78 is 4.95. The second kappa shape index (κ2) is 8.79. The lowest BCUT2D eigenvalue weighted by Gasteiger charge is -2.34. The number of hydrogen-bond donors (Lipinski definition) is 1. The van der Waals surface area contributed by atoms with Crippen LogP contribution in [0.4, 0.5) is 4.79 Å². The summed E-state index contributed by atoms with van der Waals surface area (Å²) in [5.41, 5.74) is 0. The quantitative estimate of drug-likeness (QED) is 0.793. The highest BCUT2D eigenvalue weighted by Gasteiger charge is 2.24. The monoisotopic (exact) mass is 285 g/mol. The highest BCUT2D eigenvalue weighted by molar-refractivity contribution is 5.77. The van der Waals surface area contributed by atoms with Crippen molar-refractivity contribution in [1.29, 1.82) is 0 Å². The van der Waals surface area contributed by atoms with E-state index >= 15 is 0 Å². The SMILES string of the molecule is CCOC(=O)N1CCN(C(=O)CCNC(C)CC)CC1. The zero-order chi connectivity index (χ0) is 15.0. The molecule has 1 saturated heterocycles. The van der Waals surface area contributed by atoms with Gasteiger partial charge in [0.15, 0.2) is 0 Å². The molecule has 0 aromatic carbocycles. The van der Waals surface area contributed by atoms with Crippen LogP contribution in [0.15, 0.2) is 0 Å². The Hall–Kier alpha value is -1.30. The molecule has 0 saturated carbocycles. The molecule has 0 radical (unpaired) electrons. The van der Waals surface area contributed by atoms with Crippen molar-refractivity contribution < 1.29 is 14.3 Å². The molecule has 1 fully saturated rings. The van der Waals surface area contributed by atoms with Crippen LogP contribution >= 0.6 is 0 Å². The van der Waals surface area contributed by atoms with Crippen molar-refractivity contribution in [1.82, 2.24) is 15.1 Å². The lowest BCUT2D eigenvalue weighted by molar-refractivity contribution is -0.132. The van der Waals surface area contributed by atoms with Gasteiger partial charge in [-0.25, -0.2) is 4.79 Å². The normalized spacial score (nSPS) is 16.9. The Morgan fingerprint density at radius 1 is 1.15 bits per heavy atom. The molecular formula is C14H27N3O3. The van der Waals surface area contributed by atoms with Gasteiger partial charge in [0.05, 0.1) is 6.61 Å². The summed E-state index contributed by atoms with van der Waals surface area (Å²) in [6.45, 7) is 9.44. The molecular weight excluding hydrogens is 258 g/mol. The first-order chi connectivity index (χ1) is 9.58. The third-order valence-electron chi connectivity index (χ3n) is 3.60. The van der Waals surface area contributed by atoms with Crippen LogP contribution in [0.25, 0.3) is 0 Å². The average molecular weight is 285 g/mol. The van der Waals surface area contributed by atoms with E-state index in [-0.39, 0.29) is 12.0 Å². The number of hydrogen-bond acceptors (Lipinski definition) is 4. The van der Waals surface area contributed by atoms with Crippen LogP contribution in [-0.4, -0.2) is 67.2 Å². The first kappa shape index (κ1) is 16.8. The topological polar surface area (TPSA) is 61.9 Å². The van der Waals surface area contributed by atoms with Crippen LogP contribution in [0, 0.1) is 0 Å². The number of nitrogens with one attached hydrogen (secondary N) is 1. The fourth-order valence-electron chi connectivity index (χ4n) is 2.08. The predicted molar refractivity (Wildman–Crippen MR) is 77.5 cm³/mol. The number of carbonyl (C=O) groups excluding carboxylic acids is 2. The zero-order valence-electron chi connectivity index (χ0n) is 12.9. The molecule has 1 aliphatic heterocycles. The van der Waals surface area contributed by atoms with Gasteiger partial charge in [0.1, 0.15) is 0 Å². The van der Waals surface area contributed by atoms with Gasteiger partial charge in [0.25, 0.3) is 0 Å². The smallest absolute Gasteiger partial charge is 0.409 e. The van der Waals surface area contributed by atoms with Gasteiger partial charge in [-0.3, -0.25) is 4.79 Å². The van der Waals surface area contributed by atoms with Crippen LogP contribution in [0.2, 0.25) is 0 Å². The molecule has 6 heteroatoms. The lowest BCUT2D eigenvalue weighted by atomic mass is 10.2. The predicted octanol–water partition coefficient (Wildman–Crippen LogP) is 1.07. The van der Waals surface area contributed by atoms with Crippen LogP contribution in [0.5, 0.6) is 0 Å². The standard InChI is InChI=1S/C14H27N3O3/c1-4-12(3)15-7-6-13(18)16-8-10-17(11-9-16)14(19)20-5-2/h12,15H,4-11H2,1-3H3. The minimum absolute atomic E-state index is 0.157. The summed E-state index contributed by atoms with van der Waals surface area (Å²) in [7, 11) is 0. The molecule has 1 atom stereocenters. The highest BCUT2D eigenvalue weighted by Crippen LogP contribution is 2.05. The molecule has 1 heterocycles. The van der Waals surface area contributed by atoms with Crippen molar-refractivity contribution in [3.63, 3.8) is 0 Å². The van der Waals surface area contributed by atoms with E-state index < -0.39 is 0 Å². The van der Waals surface area contributed by atoms with Crippen LogP contribution in [0.1, 0.15) is 33.6 Å². The fourth-order valence-corrected chi connectivity index (χ4v) is 2.08. The Kier molecular flexibility index (Phi) is 7.36. The van der Waals surface area contributed by atoms with Crippen molar-refractivity contribution in [2.24, 2.45) is 0 Å². The Labute approximate surface area is 121 Å². The van der Waals surface area contributed by atoms with Crippen molar-refractivity contribution >= 4 is 12.0 Å². The molecule has 0 bridgehead atoms. The molecule has 0 aliphatic carbocycles. The molecule has 0 aromatic rings. The van der Waals surface area contributed by atoms with Gasteiger partial charge in [0.2, 0.25) is 5.91 Å². The average Bonchev–Trinajstić information content (AvgIpc) is 2.47. The van der Waals surface area contributed by atoms with Gasteiger partial charge in [-0.1, -0.05) is 6.92 Å². The van der Waals surface area contributed by atoms with E-state index in [0.29, 0.717) is 51.8 Å². The first-order valence-electron chi connectivity index (χ1n) is 7.51. The Bertz CT molecular complexity index is 315. The summed E-state index contributed by atoms with van der Waals surface area (Å²) in [5, 5.41) is 3.31. The van der Waals surface area contributed by atoms with E-state index in [1.807, 2.05) is 4.90 Å². The molecule has 0 aromatic heterocycles. The third-order valence-corrected chi connectivity index (χ3v) is 3.60. The highest BCUT2D eigenvalue weighted by atomic mass is 16.6. The van der Waals surface area contributed by atoms with Gasteiger partial charge in [-0.2, -0.15) is 0 Å². The van der Waals surface area contributed by atoms with Gasteiger partial charge < -0.3 is 19.9 Å². The van der Waals surface area contributed by atoms with Gasteiger partial charge >= 0.3 is 6.09 Å². The molecule has 0 spiro atoms. The molecule has 1 aliphatic rings. The second-order valence-corrected chi connectivity index (χ2v) is 5.08. The van der Waals surface area contributed by atoms with Crippen molar-refractivity contribution in [2.75, 3.05) is 39.3 Å². The largest absolute Gasteiger partial charge is 0.450 e. The van der Waals surface area contributed by atoms with Crippen LogP contribution in [0.3, 0.4) is 0 Å². The van der Waals surface area contributed by atoms with Gasteiger partial charge in [0, 0.05) is 45.2 Å². The summed E-state index contributed by atoms with van der Waals surface area (Å²) in [6, 6.07) is 0.448. The van der Waals surface area contributed by atoms with E-state index in [1.165, 1.54) is 0 Å². The minimum Gasteiger partial charge on any atom is -0.450 e. The maximum absolute atomic E-state index is 12.0. The summed E-state index contributed by atoms with van der Waals surface area (Å²) in [4.78, 5) is 27.1. The van der Waals surface area contributed by atoms with Crippen molar-refractivity contribution in [3.8, 4) is 0 Å². The molecule has 20 heavy (non-hydrogen) atoms. The number of rotatable bonds is 6. The van der Waals surface area contributed by atoms with Gasteiger partial charge in [-0.05, 0) is 20.3 Å². The summed E-state index contributed by atoms with van der Waals surface area (Å²) in [6.07, 6.45) is 1.30. The molecule has 2 amide bonds. The first-order valence-corrected chi connectivity index (χ1v) is 7.51. The zero-order valence-corrected chi connectivity index (χ0v) is 12.9. The number of nitrogens with zero attached hydrogens (tertiary/aromatic N) is 2. The third kappa shape index (κ3) is 5.36. The van der Waals surface area contributed by atoms with Gasteiger partial charge in [-0.15, -0.1) is 0 Å². The number of ether oxygens (including phenoxy) is 1. The maximum atomic E-state index is 12.0. The van der Waals surface area contributed by atoms with Crippen LogP contribution < -0.4 is 5.32 Å². The van der Waals surface area contributed by atoms with E-state index in [1.54, 1.807) is 11.8 Å². The Morgan fingerprint density at radius 3 is 2.30 bits per heavy atom. The van der Waals surface area contributed by atoms with E-state index in [2.05, 4.69) is 19.2 Å². The molecule has 1 N–H and O–H groups in total. The lowest BCUT2D eigenvalue weighted by Crippen LogP contribution is -2.51. The van der Waals surface area contributed by atoms with Crippen molar-refractivity contribution in [3.05, 3.63) is 0 Å².